The number of para-hydroxylation sites is 1. The lowest BCUT2D eigenvalue weighted by atomic mass is 9.94. The molecule has 0 bridgehead atoms. The number of amidine groups is 1. The molecule has 0 amide bonds. The highest BCUT2D eigenvalue weighted by Gasteiger charge is 2.54. The summed E-state index contributed by atoms with van der Waals surface area (Å²) in [4.78, 5) is 28.3. The van der Waals surface area contributed by atoms with Gasteiger partial charge in [0, 0.05) is 11.6 Å². The van der Waals surface area contributed by atoms with Gasteiger partial charge >= 0.3 is 0 Å². The average Bonchev–Trinajstić information content (AvgIpc) is 3.27. The molecule has 0 unspecified atom stereocenters. The van der Waals surface area contributed by atoms with Crippen LogP contribution >= 0.6 is 34.8 Å². The van der Waals surface area contributed by atoms with Crippen LogP contribution < -0.4 is 0 Å². The van der Waals surface area contributed by atoms with Crippen molar-refractivity contribution in [3.05, 3.63) is 106 Å². The molecule has 3 aromatic carbocycles. The second-order valence-electron chi connectivity index (χ2n) is 7.51. The smallest absolute Gasteiger partial charge is 0.289 e. The number of carbonyl (C=O) groups excluding carboxylic acids is 1. The van der Waals surface area contributed by atoms with Crippen LogP contribution in [0.4, 0.5) is 5.69 Å². The van der Waals surface area contributed by atoms with E-state index in [0.717, 1.165) is 12.1 Å². The minimum absolute atomic E-state index is 0.196. The Morgan fingerprint density at radius 2 is 1.46 bits per heavy atom. The molecule has 0 spiro atoms. The molecule has 3 aromatic rings. The molecule has 1 aliphatic rings. The maximum absolute atomic E-state index is 14.0. The second-order valence-corrected chi connectivity index (χ2v) is 11.6. The number of hydrogen-bond acceptors (Lipinski definition) is 6. The summed E-state index contributed by atoms with van der Waals surface area (Å²) >= 11 is 18.4. The van der Waals surface area contributed by atoms with Crippen molar-refractivity contribution in [2.45, 2.75) is 20.8 Å². The van der Waals surface area contributed by atoms with Crippen molar-refractivity contribution in [3.63, 3.8) is 0 Å². The third kappa shape index (κ3) is 4.77. The Hall–Kier alpha value is -2.98. The Morgan fingerprint density at radius 3 is 2.03 bits per heavy atom. The lowest BCUT2D eigenvalue weighted by Gasteiger charge is -2.30. The number of hydrogen-bond donors (Lipinski definition) is 0. The van der Waals surface area contributed by atoms with Crippen LogP contribution in [0.1, 0.15) is 22.0 Å². The zero-order chi connectivity index (χ0) is 25.4. The van der Waals surface area contributed by atoms with Crippen LogP contribution in [-0.2, 0) is 10.0 Å². The monoisotopic (exact) mass is 551 g/mol. The molecule has 0 aromatic heterocycles. The Kier molecular flexibility index (Phi) is 6.88. The number of nitro benzene ring substituents is 1. The van der Waals surface area contributed by atoms with Crippen molar-refractivity contribution < 1.29 is 18.1 Å². The van der Waals surface area contributed by atoms with Gasteiger partial charge in [-0.3, -0.25) is 19.9 Å². The highest BCUT2D eigenvalue weighted by Crippen LogP contribution is 2.44. The third-order valence-electron chi connectivity index (χ3n) is 5.34. The number of halogens is 3. The molecule has 0 saturated heterocycles. The van der Waals surface area contributed by atoms with E-state index >= 15 is 0 Å². The summed E-state index contributed by atoms with van der Waals surface area (Å²) in [6, 6.07) is 18.6. The van der Waals surface area contributed by atoms with Crippen LogP contribution in [-0.4, -0.2) is 39.1 Å². The molecule has 12 heteroatoms. The highest BCUT2D eigenvalue weighted by atomic mass is 35.6. The predicted molar refractivity (Wildman–Crippen MR) is 134 cm³/mol. The summed E-state index contributed by atoms with van der Waals surface area (Å²) in [6.07, 6.45) is 0. The topological polar surface area (TPSA) is 110 Å². The minimum atomic E-state index is -4.80. The number of aliphatic imine (C=N–C) groups is 1. The molecule has 8 nitrogen and oxygen atoms in total. The SMILES string of the molecule is O=C(c1ccccc1)[C@H]1[C@H](c2ccccc2)N=C(C(Cl)(Cl)Cl)N1S(=O)(=O)c1ccccc1[N+](=O)[O-]. The summed E-state index contributed by atoms with van der Waals surface area (Å²) in [5, 5.41) is 11.6. The van der Waals surface area contributed by atoms with Gasteiger partial charge in [0.2, 0.25) is 3.79 Å². The molecule has 35 heavy (non-hydrogen) atoms. The van der Waals surface area contributed by atoms with Crippen LogP contribution in [0.25, 0.3) is 0 Å². The van der Waals surface area contributed by atoms with Gasteiger partial charge in [-0.1, -0.05) is 108 Å². The number of alkyl halides is 3. The first-order chi connectivity index (χ1) is 16.5. The van der Waals surface area contributed by atoms with Gasteiger partial charge in [-0.05, 0) is 11.6 Å². The first-order valence-corrected chi connectivity index (χ1v) is 12.7. The molecular weight excluding hydrogens is 537 g/mol. The summed E-state index contributed by atoms with van der Waals surface area (Å²) in [5.74, 6) is -1.15. The lowest BCUT2D eigenvalue weighted by molar-refractivity contribution is -0.387. The van der Waals surface area contributed by atoms with Crippen LogP contribution in [0.5, 0.6) is 0 Å². The highest BCUT2D eigenvalue weighted by molar-refractivity contribution is 7.90. The van der Waals surface area contributed by atoms with Gasteiger partial charge in [-0.15, -0.1) is 0 Å². The normalized spacial score (nSPS) is 18.3. The zero-order valence-corrected chi connectivity index (χ0v) is 20.7. The second kappa shape index (κ2) is 9.58. The molecule has 0 radical (unpaired) electrons. The van der Waals surface area contributed by atoms with Gasteiger partial charge < -0.3 is 0 Å². The molecule has 0 N–H and O–H groups in total. The molecule has 4 rings (SSSR count). The van der Waals surface area contributed by atoms with Crippen LogP contribution in [0.3, 0.4) is 0 Å². The van der Waals surface area contributed by atoms with Gasteiger partial charge in [0.1, 0.15) is 12.1 Å². The molecule has 1 aliphatic heterocycles. The van der Waals surface area contributed by atoms with E-state index in [9.17, 15) is 23.3 Å². The van der Waals surface area contributed by atoms with Crippen molar-refractivity contribution in [1.82, 2.24) is 4.31 Å². The summed E-state index contributed by atoms with van der Waals surface area (Å²) in [5.41, 5.74) is 0.000918. The van der Waals surface area contributed by atoms with E-state index in [1.165, 1.54) is 24.3 Å². The molecular formula is C23H16Cl3N3O5S. The molecule has 1 heterocycles. The quantitative estimate of drug-likeness (QED) is 0.177. The van der Waals surface area contributed by atoms with E-state index in [1.807, 2.05) is 0 Å². The fourth-order valence-corrected chi connectivity index (χ4v) is 6.20. The standard InChI is InChI=1S/C23H16Cl3N3O5S/c24-23(25,26)22-27-19(15-9-3-1-4-10-15)20(21(30)16-11-5-2-6-12-16)28(22)35(33,34)18-14-8-7-13-17(18)29(31)32/h1-14,19-20H/t19-,20+/m0/s1. The molecule has 0 fully saturated rings. The van der Waals surface area contributed by atoms with E-state index in [0.29, 0.717) is 9.87 Å². The molecule has 2 atom stereocenters. The molecule has 180 valence electrons. The van der Waals surface area contributed by atoms with Crippen molar-refractivity contribution in [3.8, 4) is 0 Å². The van der Waals surface area contributed by atoms with Crippen LogP contribution in [0.2, 0.25) is 0 Å². The Bertz CT molecular complexity index is 1410. The average molecular weight is 553 g/mol. The lowest BCUT2D eigenvalue weighted by Crippen LogP contribution is -2.50. The Balaban J connectivity index is 1.99. The first-order valence-electron chi connectivity index (χ1n) is 10.1. The number of ketones is 1. The Labute approximate surface area is 216 Å². The van der Waals surface area contributed by atoms with Gasteiger partial charge in [-0.2, -0.15) is 0 Å². The number of carbonyl (C=O) groups is 1. The number of benzene rings is 3. The van der Waals surface area contributed by atoms with Gasteiger partial charge in [0.25, 0.3) is 15.7 Å². The van der Waals surface area contributed by atoms with Crippen molar-refractivity contribution in [2.75, 3.05) is 0 Å². The summed E-state index contributed by atoms with van der Waals surface area (Å²) < 4.78 is 26.1. The maximum atomic E-state index is 14.0. The van der Waals surface area contributed by atoms with Crippen molar-refractivity contribution in [2.24, 2.45) is 4.99 Å². The van der Waals surface area contributed by atoms with Crippen LogP contribution in [0.15, 0.2) is 94.8 Å². The summed E-state index contributed by atoms with van der Waals surface area (Å²) in [6.45, 7) is 0. The number of sulfonamides is 1. The number of rotatable bonds is 6. The molecule has 0 saturated carbocycles. The van der Waals surface area contributed by atoms with Crippen molar-refractivity contribution >= 4 is 62.1 Å². The van der Waals surface area contributed by atoms with E-state index in [1.54, 1.807) is 48.5 Å². The van der Waals surface area contributed by atoms with E-state index < -0.39 is 53.0 Å². The van der Waals surface area contributed by atoms with E-state index in [2.05, 4.69) is 4.99 Å². The predicted octanol–water partition coefficient (Wildman–Crippen LogP) is 5.36. The largest absolute Gasteiger partial charge is 0.292 e. The van der Waals surface area contributed by atoms with Gasteiger partial charge in [0.05, 0.1) is 4.92 Å². The fourth-order valence-electron chi connectivity index (χ4n) is 3.84. The number of Topliss-reactive ketones (excluding diaryl/α,β-unsaturated/α-hetero) is 1. The third-order valence-corrected chi connectivity index (χ3v) is 7.67. The maximum Gasteiger partial charge on any atom is 0.289 e. The van der Waals surface area contributed by atoms with E-state index in [-0.39, 0.29) is 5.56 Å². The number of nitro groups is 1. The van der Waals surface area contributed by atoms with Gasteiger partial charge in [-0.25, -0.2) is 12.7 Å². The minimum Gasteiger partial charge on any atom is -0.292 e. The zero-order valence-electron chi connectivity index (χ0n) is 17.7. The first kappa shape index (κ1) is 25.1. The number of nitrogens with zero attached hydrogens (tertiary/aromatic N) is 3. The van der Waals surface area contributed by atoms with Gasteiger partial charge in [0.15, 0.2) is 16.5 Å². The molecule has 0 aliphatic carbocycles. The Morgan fingerprint density at radius 1 is 0.914 bits per heavy atom. The van der Waals surface area contributed by atoms with E-state index in [4.69, 9.17) is 34.8 Å². The van der Waals surface area contributed by atoms with Crippen LogP contribution in [0, 0.1) is 10.1 Å². The summed E-state index contributed by atoms with van der Waals surface area (Å²) in [7, 11) is -4.80. The van der Waals surface area contributed by atoms with Crippen molar-refractivity contribution in [1.29, 1.82) is 0 Å². The fraction of sp³-hybridized carbons (Fsp3) is 0.130.